The van der Waals surface area contributed by atoms with Gasteiger partial charge in [0.05, 0.1) is 5.71 Å². The summed E-state index contributed by atoms with van der Waals surface area (Å²) in [5.41, 5.74) is 1.04. The van der Waals surface area contributed by atoms with E-state index in [1.165, 1.54) is 0 Å². The van der Waals surface area contributed by atoms with Gasteiger partial charge < -0.3 is 4.84 Å². The molecule has 1 aliphatic heterocycles. The summed E-state index contributed by atoms with van der Waals surface area (Å²) in [5.74, 6) is 0. The lowest BCUT2D eigenvalue weighted by molar-refractivity contribution is 0.125. The molecule has 0 aromatic rings. The van der Waals surface area contributed by atoms with E-state index in [2.05, 4.69) is 12.1 Å². The van der Waals surface area contributed by atoms with Gasteiger partial charge in [0.2, 0.25) is 6.10 Å². The van der Waals surface area contributed by atoms with E-state index in [1.807, 2.05) is 6.07 Å². The summed E-state index contributed by atoms with van der Waals surface area (Å²) in [6.45, 7) is 2.14. The van der Waals surface area contributed by atoms with Crippen molar-refractivity contribution in [3.05, 3.63) is 0 Å². The summed E-state index contributed by atoms with van der Waals surface area (Å²) < 4.78 is 0. The van der Waals surface area contributed by atoms with Crippen molar-refractivity contribution < 1.29 is 4.84 Å². The van der Waals surface area contributed by atoms with Crippen LogP contribution in [0.3, 0.4) is 0 Å². The van der Waals surface area contributed by atoms with Crippen molar-refractivity contribution in [3.8, 4) is 6.07 Å². The van der Waals surface area contributed by atoms with Crippen molar-refractivity contribution in [1.82, 2.24) is 0 Å². The maximum Gasteiger partial charge on any atom is 0.217 e. The highest BCUT2D eigenvalue weighted by Crippen LogP contribution is 2.13. The molecule has 0 unspecified atom stereocenters. The zero-order chi connectivity index (χ0) is 8.10. The Morgan fingerprint density at radius 3 is 3.18 bits per heavy atom. The number of nitriles is 1. The van der Waals surface area contributed by atoms with E-state index < -0.39 is 0 Å². The van der Waals surface area contributed by atoms with E-state index in [0.717, 1.165) is 25.0 Å². The molecule has 0 bridgehead atoms. The first-order chi connectivity index (χ1) is 5.36. The highest BCUT2D eigenvalue weighted by Gasteiger charge is 2.18. The minimum Gasteiger partial charge on any atom is -0.377 e. The Kier molecular flexibility index (Phi) is 2.91. The zero-order valence-corrected chi connectivity index (χ0v) is 6.71. The maximum atomic E-state index is 8.46. The molecule has 0 saturated heterocycles. The fourth-order valence-electron chi connectivity index (χ4n) is 1.02. The SMILES string of the molecule is CCCCC1=NO[C@@H](C#N)C1. The van der Waals surface area contributed by atoms with E-state index >= 15 is 0 Å². The molecule has 0 saturated carbocycles. The van der Waals surface area contributed by atoms with E-state index in [1.54, 1.807) is 0 Å². The summed E-state index contributed by atoms with van der Waals surface area (Å²) in [7, 11) is 0. The molecule has 3 heteroatoms. The molecule has 0 radical (unpaired) electrons. The molecular formula is C8H12N2O. The van der Waals surface area contributed by atoms with Crippen LogP contribution in [0.25, 0.3) is 0 Å². The Balaban J connectivity index is 2.24. The number of unbranched alkanes of at least 4 members (excludes halogenated alkanes) is 1. The molecule has 11 heavy (non-hydrogen) atoms. The van der Waals surface area contributed by atoms with Crippen LogP contribution < -0.4 is 0 Å². The van der Waals surface area contributed by atoms with Crippen LogP contribution in [0.15, 0.2) is 5.16 Å². The first-order valence-electron chi connectivity index (χ1n) is 3.98. The summed E-state index contributed by atoms with van der Waals surface area (Å²) >= 11 is 0. The predicted octanol–water partition coefficient (Wildman–Crippen LogP) is 1.85. The monoisotopic (exact) mass is 152 g/mol. The van der Waals surface area contributed by atoms with Crippen molar-refractivity contribution in [3.63, 3.8) is 0 Å². The fraction of sp³-hybridized carbons (Fsp3) is 0.750. The molecule has 0 aromatic heterocycles. The van der Waals surface area contributed by atoms with Crippen molar-refractivity contribution >= 4 is 5.71 Å². The molecule has 1 heterocycles. The minimum atomic E-state index is -0.318. The third kappa shape index (κ3) is 2.23. The van der Waals surface area contributed by atoms with Crippen molar-refractivity contribution in [2.24, 2.45) is 5.16 Å². The quantitative estimate of drug-likeness (QED) is 0.619. The Morgan fingerprint density at radius 2 is 2.64 bits per heavy atom. The molecule has 1 atom stereocenters. The third-order valence-electron chi connectivity index (χ3n) is 1.69. The summed E-state index contributed by atoms with van der Waals surface area (Å²) in [4.78, 5) is 4.84. The van der Waals surface area contributed by atoms with Gasteiger partial charge in [0.15, 0.2) is 0 Å². The van der Waals surface area contributed by atoms with Crippen LogP contribution in [-0.2, 0) is 4.84 Å². The lowest BCUT2D eigenvalue weighted by atomic mass is 10.1. The average Bonchev–Trinajstić information content (AvgIpc) is 2.48. The Labute approximate surface area is 66.6 Å². The molecule has 3 nitrogen and oxygen atoms in total. The number of nitrogens with zero attached hydrogens (tertiary/aromatic N) is 2. The second kappa shape index (κ2) is 3.97. The van der Waals surface area contributed by atoms with Crippen molar-refractivity contribution in [1.29, 1.82) is 5.26 Å². The van der Waals surface area contributed by atoms with E-state index in [9.17, 15) is 0 Å². The normalized spacial score (nSPS) is 22.2. The second-order valence-electron chi connectivity index (χ2n) is 2.69. The molecular weight excluding hydrogens is 140 g/mol. The topological polar surface area (TPSA) is 45.4 Å². The van der Waals surface area contributed by atoms with Crippen molar-refractivity contribution in [2.75, 3.05) is 0 Å². The molecule has 1 aliphatic rings. The van der Waals surface area contributed by atoms with Crippen LogP contribution in [-0.4, -0.2) is 11.8 Å². The van der Waals surface area contributed by atoms with Gasteiger partial charge in [-0.05, 0) is 12.8 Å². The van der Waals surface area contributed by atoms with E-state index in [-0.39, 0.29) is 6.10 Å². The highest BCUT2D eigenvalue weighted by atomic mass is 16.6. The number of hydrogen-bond donors (Lipinski definition) is 0. The second-order valence-corrected chi connectivity index (χ2v) is 2.69. The highest BCUT2D eigenvalue weighted by molar-refractivity contribution is 5.85. The van der Waals surface area contributed by atoms with Crippen LogP contribution in [0, 0.1) is 11.3 Å². The number of oxime groups is 1. The molecule has 0 fully saturated rings. The van der Waals surface area contributed by atoms with Crippen LogP contribution in [0.4, 0.5) is 0 Å². The maximum absolute atomic E-state index is 8.46. The molecule has 0 aromatic carbocycles. The van der Waals surface area contributed by atoms with Crippen LogP contribution in [0.2, 0.25) is 0 Å². The smallest absolute Gasteiger partial charge is 0.217 e. The number of hydrogen-bond acceptors (Lipinski definition) is 3. The standard InChI is InChI=1S/C8H12N2O/c1-2-3-4-7-5-8(6-9)11-10-7/h8H,2-5H2,1H3/t8-/m1/s1. The van der Waals surface area contributed by atoms with Crippen LogP contribution in [0.5, 0.6) is 0 Å². The molecule has 0 N–H and O–H groups in total. The molecule has 1 rings (SSSR count). The van der Waals surface area contributed by atoms with Gasteiger partial charge >= 0.3 is 0 Å². The average molecular weight is 152 g/mol. The Bertz CT molecular complexity index is 193. The fourth-order valence-corrected chi connectivity index (χ4v) is 1.02. The summed E-state index contributed by atoms with van der Waals surface area (Å²) in [6.07, 6.45) is 3.67. The van der Waals surface area contributed by atoms with Gasteiger partial charge in [-0.2, -0.15) is 5.26 Å². The summed E-state index contributed by atoms with van der Waals surface area (Å²) in [6, 6.07) is 2.03. The van der Waals surface area contributed by atoms with Crippen LogP contribution in [0.1, 0.15) is 32.6 Å². The van der Waals surface area contributed by atoms with Crippen LogP contribution >= 0.6 is 0 Å². The van der Waals surface area contributed by atoms with Gasteiger partial charge in [-0.1, -0.05) is 18.5 Å². The first-order valence-corrected chi connectivity index (χ1v) is 3.98. The number of rotatable bonds is 3. The minimum absolute atomic E-state index is 0.318. The lowest BCUT2D eigenvalue weighted by Gasteiger charge is -1.94. The van der Waals surface area contributed by atoms with E-state index in [0.29, 0.717) is 6.42 Å². The third-order valence-corrected chi connectivity index (χ3v) is 1.69. The largest absolute Gasteiger partial charge is 0.377 e. The van der Waals surface area contributed by atoms with Gasteiger partial charge in [0.25, 0.3) is 0 Å². The molecule has 0 spiro atoms. The van der Waals surface area contributed by atoms with Gasteiger partial charge in [-0.15, -0.1) is 0 Å². The zero-order valence-electron chi connectivity index (χ0n) is 6.71. The lowest BCUT2D eigenvalue weighted by Crippen LogP contribution is -2.03. The van der Waals surface area contributed by atoms with Gasteiger partial charge in [0, 0.05) is 6.42 Å². The van der Waals surface area contributed by atoms with Gasteiger partial charge in [0.1, 0.15) is 6.07 Å². The first kappa shape index (κ1) is 8.06. The van der Waals surface area contributed by atoms with E-state index in [4.69, 9.17) is 10.1 Å². The molecule has 0 amide bonds. The Hall–Kier alpha value is -1.04. The molecule has 60 valence electrons. The van der Waals surface area contributed by atoms with Gasteiger partial charge in [-0.25, -0.2) is 0 Å². The summed E-state index contributed by atoms with van der Waals surface area (Å²) in [5, 5.41) is 12.3. The predicted molar refractivity (Wildman–Crippen MR) is 42.1 cm³/mol. The van der Waals surface area contributed by atoms with Gasteiger partial charge in [-0.3, -0.25) is 0 Å². The van der Waals surface area contributed by atoms with Crippen molar-refractivity contribution in [2.45, 2.75) is 38.7 Å². The Morgan fingerprint density at radius 1 is 1.82 bits per heavy atom. The molecule has 0 aliphatic carbocycles.